The summed E-state index contributed by atoms with van der Waals surface area (Å²) in [6.45, 7) is 0.0168. The first-order valence-corrected chi connectivity index (χ1v) is 9.95. The van der Waals surface area contributed by atoms with Crippen molar-refractivity contribution in [3.63, 3.8) is 0 Å². The monoisotopic (exact) mass is 399 g/mol. The molecule has 2 aromatic carbocycles. The van der Waals surface area contributed by atoms with E-state index >= 15 is 0 Å². The van der Waals surface area contributed by atoms with E-state index in [0.29, 0.717) is 16.6 Å². The lowest BCUT2D eigenvalue weighted by atomic mass is 10.2. The van der Waals surface area contributed by atoms with Crippen molar-refractivity contribution < 1.29 is 17.9 Å². The highest BCUT2D eigenvalue weighted by Gasteiger charge is 2.21. The molecule has 11 heteroatoms. The van der Waals surface area contributed by atoms with E-state index in [1.807, 2.05) is 0 Å². The normalized spacial score (nSPS) is 11.8. The maximum absolute atomic E-state index is 12.1. The molecule has 0 aliphatic carbocycles. The average molecular weight is 399 g/mol. The number of aromatic nitrogens is 4. The van der Waals surface area contributed by atoms with Gasteiger partial charge in [-0.1, -0.05) is 17.3 Å². The largest absolute Gasteiger partial charge is 0.337 e. The fraction of sp³-hybridized carbons (Fsp3) is 0.118. The summed E-state index contributed by atoms with van der Waals surface area (Å²) in [4.78, 5) is 18.7. The van der Waals surface area contributed by atoms with Gasteiger partial charge in [-0.2, -0.15) is 4.98 Å². The summed E-state index contributed by atoms with van der Waals surface area (Å²) < 4.78 is 31.0. The zero-order chi connectivity index (χ0) is 19.9. The first-order valence-electron chi connectivity index (χ1n) is 8.05. The van der Waals surface area contributed by atoms with Crippen molar-refractivity contribution >= 4 is 26.6 Å². The maximum Gasteiger partial charge on any atom is 0.269 e. The summed E-state index contributed by atoms with van der Waals surface area (Å²) in [7, 11) is -3.58. The Kier molecular flexibility index (Phi) is 4.15. The number of nitro groups is 1. The zero-order valence-electron chi connectivity index (χ0n) is 14.5. The van der Waals surface area contributed by atoms with Gasteiger partial charge in [0.25, 0.3) is 5.69 Å². The van der Waals surface area contributed by atoms with Gasteiger partial charge < -0.3 is 9.09 Å². The van der Waals surface area contributed by atoms with Crippen molar-refractivity contribution in [3.8, 4) is 11.4 Å². The molecule has 0 aliphatic heterocycles. The van der Waals surface area contributed by atoms with Crippen molar-refractivity contribution in [1.29, 1.82) is 0 Å². The molecule has 0 unspecified atom stereocenters. The Hall–Kier alpha value is -3.60. The van der Waals surface area contributed by atoms with E-state index in [4.69, 9.17) is 4.52 Å². The number of sulfone groups is 1. The van der Waals surface area contributed by atoms with Gasteiger partial charge in [-0.15, -0.1) is 0 Å². The highest BCUT2D eigenvalue weighted by Crippen LogP contribution is 2.23. The Morgan fingerprint density at radius 1 is 1.11 bits per heavy atom. The predicted octanol–water partition coefficient (Wildman–Crippen LogP) is 2.45. The van der Waals surface area contributed by atoms with Crippen LogP contribution >= 0.6 is 0 Å². The number of hydrogen-bond acceptors (Lipinski definition) is 8. The lowest BCUT2D eigenvalue weighted by Crippen LogP contribution is -2.10. The van der Waals surface area contributed by atoms with Gasteiger partial charge in [0, 0.05) is 24.0 Å². The smallest absolute Gasteiger partial charge is 0.269 e. The molecule has 2 aromatic heterocycles. The van der Waals surface area contributed by atoms with Gasteiger partial charge in [0.2, 0.25) is 26.7 Å². The summed E-state index contributed by atoms with van der Waals surface area (Å²) in [5, 5.41) is 14.5. The lowest BCUT2D eigenvalue weighted by Gasteiger charge is -2.04. The minimum atomic E-state index is -3.58. The number of hydrogen-bond donors (Lipinski definition) is 0. The lowest BCUT2D eigenvalue weighted by molar-refractivity contribution is -0.384. The molecule has 142 valence electrons. The van der Waals surface area contributed by atoms with Crippen LogP contribution in [0, 0.1) is 10.1 Å². The zero-order valence-corrected chi connectivity index (χ0v) is 15.3. The predicted molar refractivity (Wildman–Crippen MR) is 98.3 cm³/mol. The van der Waals surface area contributed by atoms with E-state index in [1.165, 1.54) is 28.8 Å². The Balaban J connectivity index is 1.70. The Morgan fingerprint density at radius 3 is 2.50 bits per heavy atom. The molecule has 0 N–H and O–H groups in total. The van der Waals surface area contributed by atoms with E-state index in [-0.39, 0.29) is 29.1 Å². The maximum atomic E-state index is 12.1. The van der Waals surface area contributed by atoms with Gasteiger partial charge >= 0.3 is 0 Å². The van der Waals surface area contributed by atoms with E-state index in [9.17, 15) is 18.5 Å². The summed E-state index contributed by atoms with van der Waals surface area (Å²) in [5.74, 6) is 0.427. The molecule has 0 amide bonds. The molecule has 10 nitrogen and oxygen atoms in total. The van der Waals surface area contributed by atoms with Gasteiger partial charge in [-0.25, -0.2) is 13.4 Å². The Labute approximate surface area is 158 Å². The molecule has 0 fully saturated rings. The first-order chi connectivity index (χ1) is 13.3. The average Bonchev–Trinajstić information content (AvgIpc) is 3.27. The van der Waals surface area contributed by atoms with Crippen LogP contribution in [0.3, 0.4) is 0 Å². The Bertz CT molecular complexity index is 1290. The fourth-order valence-electron chi connectivity index (χ4n) is 2.79. The topological polar surface area (TPSA) is 134 Å². The number of para-hydroxylation sites is 2. The highest BCUT2D eigenvalue weighted by atomic mass is 32.2. The number of benzene rings is 2. The second-order valence-corrected chi connectivity index (χ2v) is 7.97. The minimum Gasteiger partial charge on any atom is -0.337 e. The minimum absolute atomic E-state index is 0.0168. The van der Waals surface area contributed by atoms with Gasteiger partial charge in [0.1, 0.15) is 6.54 Å². The molecule has 4 rings (SSSR count). The van der Waals surface area contributed by atoms with Crippen molar-refractivity contribution in [3.05, 3.63) is 64.5 Å². The quantitative estimate of drug-likeness (QED) is 0.369. The number of fused-ring (bicyclic) bond motifs is 1. The van der Waals surface area contributed by atoms with E-state index < -0.39 is 14.8 Å². The molecular formula is C17H13N5O5S. The summed E-state index contributed by atoms with van der Waals surface area (Å²) in [6, 6.07) is 12.7. The molecule has 0 aliphatic rings. The van der Waals surface area contributed by atoms with Crippen LogP contribution in [0.15, 0.2) is 58.2 Å². The summed E-state index contributed by atoms with van der Waals surface area (Å²) in [5.41, 5.74) is 1.66. The van der Waals surface area contributed by atoms with Gasteiger partial charge in [0.15, 0.2) is 0 Å². The van der Waals surface area contributed by atoms with Crippen LogP contribution in [-0.4, -0.2) is 39.3 Å². The van der Waals surface area contributed by atoms with Crippen LogP contribution in [-0.2, 0) is 16.4 Å². The first kappa shape index (κ1) is 17.8. The van der Waals surface area contributed by atoms with Gasteiger partial charge in [0.05, 0.1) is 16.0 Å². The SMILES string of the molecule is CS(=O)(=O)c1nc2ccccc2n1Cc1nc(-c2ccc([N+](=O)[O-])cc2)no1. The van der Waals surface area contributed by atoms with Gasteiger partial charge in [-0.05, 0) is 24.3 Å². The van der Waals surface area contributed by atoms with Crippen molar-refractivity contribution in [2.75, 3.05) is 6.26 Å². The second-order valence-electron chi connectivity index (χ2n) is 6.06. The summed E-state index contributed by atoms with van der Waals surface area (Å²) >= 11 is 0. The van der Waals surface area contributed by atoms with Crippen LogP contribution in [0.1, 0.15) is 5.89 Å². The molecule has 0 saturated carbocycles. The third kappa shape index (κ3) is 3.22. The fourth-order valence-corrected chi connectivity index (χ4v) is 3.62. The van der Waals surface area contributed by atoms with Crippen molar-refractivity contribution in [1.82, 2.24) is 19.7 Å². The Morgan fingerprint density at radius 2 is 1.82 bits per heavy atom. The molecule has 0 atom stereocenters. The summed E-state index contributed by atoms with van der Waals surface area (Å²) in [6.07, 6.45) is 1.08. The van der Waals surface area contributed by atoms with Crippen LogP contribution in [0.4, 0.5) is 5.69 Å². The number of nitrogens with zero attached hydrogens (tertiary/aromatic N) is 5. The molecule has 2 heterocycles. The molecule has 0 radical (unpaired) electrons. The molecule has 0 saturated heterocycles. The second kappa shape index (κ2) is 6.53. The standard InChI is InChI=1S/C17H13N5O5S/c1-28(25,26)17-18-13-4-2-3-5-14(13)21(17)10-15-19-16(20-27-15)11-6-8-12(9-7-11)22(23)24/h2-9H,10H2,1H3. The van der Waals surface area contributed by atoms with Crippen LogP contribution in [0.5, 0.6) is 0 Å². The highest BCUT2D eigenvalue weighted by molar-refractivity contribution is 7.90. The van der Waals surface area contributed by atoms with Crippen LogP contribution < -0.4 is 0 Å². The third-order valence-electron chi connectivity index (χ3n) is 4.05. The van der Waals surface area contributed by atoms with E-state index in [1.54, 1.807) is 24.3 Å². The van der Waals surface area contributed by atoms with Gasteiger partial charge in [-0.3, -0.25) is 10.1 Å². The van der Waals surface area contributed by atoms with E-state index in [2.05, 4.69) is 15.1 Å². The molecule has 0 spiro atoms. The number of non-ortho nitro benzene ring substituents is 1. The molecular weight excluding hydrogens is 386 g/mol. The number of rotatable bonds is 5. The van der Waals surface area contributed by atoms with E-state index in [0.717, 1.165) is 6.26 Å². The van der Waals surface area contributed by atoms with Crippen LogP contribution in [0.2, 0.25) is 0 Å². The number of imidazole rings is 1. The molecule has 4 aromatic rings. The molecule has 28 heavy (non-hydrogen) atoms. The van der Waals surface area contributed by atoms with Crippen LogP contribution in [0.25, 0.3) is 22.4 Å². The molecule has 0 bridgehead atoms. The van der Waals surface area contributed by atoms with Crippen molar-refractivity contribution in [2.24, 2.45) is 0 Å². The third-order valence-corrected chi connectivity index (χ3v) is 5.02. The number of nitro benzene ring substituents is 1. The van der Waals surface area contributed by atoms with Crippen molar-refractivity contribution in [2.45, 2.75) is 11.7 Å².